The van der Waals surface area contributed by atoms with Crippen molar-refractivity contribution < 1.29 is 17.9 Å². The minimum atomic E-state index is -3.97. The van der Waals surface area contributed by atoms with Crippen molar-refractivity contribution in [1.82, 2.24) is 0 Å². The van der Waals surface area contributed by atoms with Crippen molar-refractivity contribution in [1.29, 1.82) is 0 Å². The number of benzene rings is 2. The first kappa shape index (κ1) is 19.8. The molecule has 0 aliphatic heterocycles. The van der Waals surface area contributed by atoms with Crippen LogP contribution in [0.4, 0.5) is 5.69 Å². The van der Waals surface area contributed by atoms with E-state index >= 15 is 0 Å². The van der Waals surface area contributed by atoms with E-state index < -0.39 is 21.3 Å². The number of halogens is 2. The third kappa shape index (κ3) is 4.54. The molecule has 0 aliphatic rings. The van der Waals surface area contributed by atoms with E-state index in [9.17, 15) is 13.2 Å². The largest absolute Gasteiger partial charge is 0.494 e. The number of hydrogen-bond acceptors (Lipinski definition) is 4. The lowest BCUT2D eigenvalue weighted by atomic mass is 10.2. The average molecular weight is 447 g/mol. The van der Waals surface area contributed by atoms with Crippen LogP contribution in [0.1, 0.15) is 13.8 Å². The SMILES string of the molecule is CCOc1ccc(N(C(C)C(=O)Cl)S(=O)(=O)c2ccc(Br)cc2)cc1. The summed E-state index contributed by atoms with van der Waals surface area (Å²) in [6, 6.07) is 11.6. The molecule has 2 aromatic rings. The van der Waals surface area contributed by atoms with E-state index in [4.69, 9.17) is 16.3 Å². The molecule has 25 heavy (non-hydrogen) atoms. The molecule has 0 fully saturated rings. The van der Waals surface area contributed by atoms with Gasteiger partial charge < -0.3 is 4.74 Å². The summed E-state index contributed by atoms with van der Waals surface area (Å²) < 4.78 is 33.3. The third-order valence-corrected chi connectivity index (χ3v) is 6.21. The molecule has 0 aliphatic carbocycles. The number of sulfonamides is 1. The van der Waals surface area contributed by atoms with Crippen LogP contribution in [0.2, 0.25) is 0 Å². The normalized spacial score (nSPS) is 12.5. The van der Waals surface area contributed by atoms with Crippen molar-refractivity contribution in [3.8, 4) is 5.75 Å². The summed E-state index contributed by atoms with van der Waals surface area (Å²) in [5.41, 5.74) is 0.327. The van der Waals surface area contributed by atoms with Gasteiger partial charge in [0.2, 0.25) is 5.24 Å². The molecule has 134 valence electrons. The summed E-state index contributed by atoms with van der Waals surface area (Å²) in [6.07, 6.45) is 0. The molecule has 0 amide bonds. The number of hydrogen-bond donors (Lipinski definition) is 0. The van der Waals surface area contributed by atoms with Crippen molar-refractivity contribution in [2.45, 2.75) is 24.8 Å². The summed E-state index contributed by atoms with van der Waals surface area (Å²) in [7, 11) is -3.97. The third-order valence-electron chi connectivity index (χ3n) is 3.45. The summed E-state index contributed by atoms with van der Waals surface area (Å²) >= 11 is 8.87. The Kier molecular flexibility index (Phi) is 6.48. The van der Waals surface area contributed by atoms with E-state index in [2.05, 4.69) is 15.9 Å². The van der Waals surface area contributed by atoms with Gasteiger partial charge in [0.05, 0.1) is 17.2 Å². The monoisotopic (exact) mass is 445 g/mol. The molecular weight excluding hydrogens is 430 g/mol. The number of ether oxygens (including phenoxy) is 1. The summed E-state index contributed by atoms with van der Waals surface area (Å²) in [5, 5.41) is -0.769. The first-order valence-electron chi connectivity index (χ1n) is 7.49. The van der Waals surface area contributed by atoms with Gasteiger partial charge in [-0.05, 0) is 74.0 Å². The molecule has 0 radical (unpaired) electrons. The molecule has 2 aromatic carbocycles. The summed E-state index contributed by atoms with van der Waals surface area (Å²) in [6.45, 7) is 3.80. The van der Waals surface area contributed by atoms with Crippen LogP contribution in [0.5, 0.6) is 5.75 Å². The fourth-order valence-corrected chi connectivity index (χ4v) is 4.28. The highest BCUT2D eigenvalue weighted by atomic mass is 79.9. The molecule has 0 saturated heterocycles. The highest BCUT2D eigenvalue weighted by molar-refractivity contribution is 9.10. The Labute approximate surface area is 160 Å². The summed E-state index contributed by atoms with van der Waals surface area (Å²) in [5.74, 6) is 0.608. The Balaban J connectivity index is 2.52. The first-order chi connectivity index (χ1) is 11.8. The van der Waals surface area contributed by atoms with E-state index in [0.717, 1.165) is 8.78 Å². The molecule has 0 bridgehead atoms. The predicted molar refractivity (Wildman–Crippen MR) is 102 cm³/mol. The van der Waals surface area contributed by atoms with Gasteiger partial charge in [0.1, 0.15) is 11.8 Å². The maximum atomic E-state index is 13.1. The van der Waals surface area contributed by atoms with Crippen molar-refractivity contribution in [3.05, 3.63) is 53.0 Å². The number of rotatable bonds is 7. The molecule has 0 saturated carbocycles. The van der Waals surface area contributed by atoms with Crippen molar-refractivity contribution in [2.75, 3.05) is 10.9 Å². The predicted octanol–water partition coefficient (Wildman–Crippen LogP) is 4.20. The van der Waals surface area contributed by atoms with E-state index in [1.807, 2.05) is 6.92 Å². The van der Waals surface area contributed by atoms with Gasteiger partial charge in [-0.3, -0.25) is 9.10 Å². The van der Waals surface area contributed by atoms with Crippen LogP contribution in [0.25, 0.3) is 0 Å². The van der Waals surface area contributed by atoms with Crippen LogP contribution in [0.3, 0.4) is 0 Å². The number of nitrogens with zero attached hydrogens (tertiary/aromatic N) is 1. The topological polar surface area (TPSA) is 63.7 Å². The molecule has 8 heteroatoms. The average Bonchev–Trinajstić information content (AvgIpc) is 2.57. The fraction of sp³-hybridized carbons (Fsp3) is 0.235. The van der Waals surface area contributed by atoms with Gasteiger partial charge in [-0.15, -0.1) is 0 Å². The van der Waals surface area contributed by atoms with Crippen LogP contribution in [0, 0.1) is 0 Å². The van der Waals surface area contributed by atoms with E-state index in [-0.39, 0.29) is 4.90 Å². The van der Waals surface area contributed by atoms with Crippen molar-refractivity contribution >= 4 is 48.5 Å². The first-order valence-corrected chi connectivity index (χ1v) is 10.1. The van der Waals surface area contributed by atoms with Gasteiger partial charge >= 0.3 is 0 Å². The van der Waals surface area contributed by atoms with E-state index in [1.54, 1.807) is 36.4 Å². The minimum Gasteiger partial charge on any atom is -0.494 e. The fourth-order valence-electron chi connectivity index (χ4n) is 2.24. The second-order valence-electron chi connectivity index (χ2n) is 5.16. The second-order valence-corrected chi connectivity index (χ2v) is 8.26. The Morgan fingerprint density at radius 1 is 1.16 bits per heavy atom. The van der Waals surface area contributed by atoms with Gasteiger partial charge in [0.15, 0.2) is 0 Å². The van der Waals surface area contributed by atoms with Crippen LogP contribution in [-0.4, -0.2) is 26.3 Å². The van der Waals surface area contributed by atoms with E-state index in [0.29, 0.717) is 18.0 Å². The zero-order valence-electron chi connectivity index (χ0n) is 13.6. The van der Waals surface area contributed by atoms with Crippen LogP contribution < -0.4 is 9.04 Å². The van der Waals surface area contributed by atoms with Gasteiger partial charge in [-0.25, -0.2) is 8.42 Å². The molecule has 5 nitrogen and oxygen atoms in total. The smallest absolute Gasteiger partial charge is 0.265 e. The Hall–Kier alpha value is -1.57. The lowest BCUT2D eigenvalue weighted by Crippen LogP contribution is -2.42. The standard InChI is InChI=1S/C17H17BrClNO4S/c1-3-24-15-8-6-14(7-9-15)20(12(2)17(19)21)25(22,23)16-10-4-13(18)5-11-16/h4-12H,3H2,1-2H3. The van der Waals surface area contributed by atoms with E-state index in [1.165, 1.54) is 19.1 Å². The van der Waals surface area contributed by atoms with Gasteiger partial charge in [0.25, 0.3) is 10.0 Å². The summed E-state index contributed by atoms with van der Waals surface area (Å²) in [4.78, 5) is 11.8. The molecule has 0 heterocycles. The van der Waals surface area contributed by atoms with Crippen molar-refractivity contribution in [3.63, 3.8) is 0 Å². The molecule has 2 rings (SSSR count). The number of carbonyl (C=O) groups is 1. The van der Waals surface area contributed by atoms with Gasteiger partial charge in [0, 0.05) is 4.47 Å². The molecule has 0 aromatic heterocycles. The quantitative estimate of drug-likeness (QED) is 0.598. The minimum absolute atomic E-state index is 0.0642. The lowest BCUT2D eigenvalue weighted by molar-refractivity contribution is -0.112. The Morgan fingerprint density at radius 2 is 1.72 bits per heavy atom. The maximum Gasteiger partial charge on any atom is 0.265 e. The number of anilines is 1. The molecule has 0 spiro atoms. The van der Waals surface area contributed by atoms with Crippen LogP contribution >= 0.6 is 27.5 Å². The zero-order chi connectivity index (χ0) is 18.6. The maximum absolute atomic E-state index is 13.1. The Bertz CT molecular complexity index is 838. The molecule has 1 unspecified atom stereocenters. The molecule has 1 atom stereocenters. The van der Waals surface area contributed by atoms with Crippen LogP contribution in [0.15, 0.2) is 57.9 Å². The highest BCUT2D eigenvalue weighted by Crippen LogP contribution is 2.29. The zero-order valence-corrected chi connectivity index (χ0v) is 16.8. The molecule has 0 N–H and O–H groups in total. The molecular formula is C17H17BrClNO4S. The Morgan fingerprint density at radius 3 is 2.20 bits per heavy atom. The number of carbonyl (C=O) groups excluding carboxylic acids is 1. The lowest BCUT2D eigenvalue weighted by Gasteiger charge is -2.28. The van der Waals surface area contributed by atoms with Crippen LogP contribution in [-0.2, 0) is 14.8 Å². The van der Waals surface area contributed by atoms with Gasteiger partial charge in [-0.2, -0.15) is 0 Å². The second kappa shape index (κ2) is 8.21. The highest BCUT2D eigenvalue weighted by Gasteiger charge is 2.32. The van der Waals surface area contributed by atoms with Crippen molar-refractivity contribution in [2.24, 2.45) is 0 Å². The van der Waals surface area contributed by atoms with Gasteiger partial charge in [-0.1, -0.05) is 15.9 Å².